The van der Waals surface area contributed by atoms with Crippen LogP contribution < -0.4 is 0 Å². The molecule has 0 saturated heterocycles. The predicted octanol–water partition coefficient (Wildman–Crippen LogP) is 2.12. The molecule has 0 aliphatic heterocycles. The maximum absolute atomic E-state index is 13.7. The van der Waals surface area contributed by atoms with Gasteiger partial charge in [0.15, 0.2) is 11.4 Å². The number of imidazole rings is 1. The summed E-state index contributed by atoms with van der Waals surface area (Å²) in [7, 11) is 0. The van der Waals surface area contributed by atoms with Crippen molar-refractivity contribution in [3.8, 4) is 0 Å². The molecule has 2 aromatic rings. The van der Waals surface area contributed by atoms with Gasteiger partial charge in [-0.1, -0.05) is 17.7 Å². The Labute approximate surface area is 117 Å². The summed E-state index contributed by atoms with van der Waals surface area (Å²) in [6, 6.07) is 4.04. The van der Waals surface area contributed by atoms with Crippen molar-refractivity contribution in [3.05, 3.63) is 52.3 Å². The lowest BCUT2D eigenvalue weighted by Gasteiger charge is -2.08. The van der Waals surface area contributed by atoms with Gasteiger partial charge in [0.1, 0.15) is 5.82 Å². The summed E-state index contributed by atoms with van der Waals surface area (Å²) in [5.41, 5.74) is -1.08. The molecule has 1 aromatic carbocycles. The molecule has 0 saturated carbocycles. The lowest BCUT2D eigenvalue weighted by molar-refractivity contribution is 0.0640. The van der Waals surface area contributed by atoms with Crippen LogP contribution in [0.4, 0.5) is 4.39 Å². The van der Waals surface area contributed by atoms with Gasteiger partial charge in [0.25, 0.3) is 0 Å². The van der Waals surface area contributed by atoms with Crippen molar-refractivity contribution in [1.29, 1.82) is 0 Å². The largest absolute Gasteiger partial charge is 0.476 e. The van der Waals surface area contributed by atoms with E-state index in [0.29, 0.717) is 0 Å². The molecule has 0 aliphatic rings. The van der Waals surface area contributed by atoms with Gasteiger partial charge in [-0.2, -0.15) is 0 Å². The lowest BCUT2D eigenvalue weighted by Crippen LogP contribution is -2.14. The average molecular weight is 299 g/mol. The number of benzene rings is 1. The molecule has 6 nitrogen and oxygen atoms in total. The summed E-state index contributed by atoms with van der Waals surface area (Å²) in [5.74, 6) is -3.55. The van der Waals surface area contributed by atoms with Crippen LogP contribution in [0.5, 0.6) is 0 Å². The number of halogens is 2. The van der Waals surface area contributed by atoms with E-state index in [2.05, 4.69) is 4.98 Å². The van der Waals surface area contributed by atoms with E-state index in [-0.39, 0.29) is 17.1 Å². The molecular weight excluding hydrogens is 291 g/mol. The molecule has 20 heavy (non-hydrogen) atoms. The summed E-state index contributed by atoms with van der Waals surface area (Å²) in [6.45, 7) is -0.229. The molecule has 1 aromatic heterocycles. The van der Waals surface area contributed by atoms with E-state index in [1.807, 2.05) is 0 Å². The van der Waals surface area contributed by atoms with Crippen LogP contribution in [0.2, 0.25) is 5.02 Å². The van der Waals surface area contributed by atoms with Crippen molar-refractivity contribution in [2.75, 3.05) is 0 Å². The molecule has 2 rings (SSSR count). The number of carbonyl (C=O) groups is 2. The van der Waals surface area contributed by atoms with E-state index < -0.39 is 29.1 Å². The molecule has 0 radical (unpaired) electrons. The molecule has 0 unspecified atom stereocenters. The van der Waals surface area contributed by atoms with Gasteiger partial charge in [-0.05, 0) is 12.1 Å². The number of aromatic carboxylic acids is 2. The molecule has 104 valence electrons. The number of carboxylic acids is 2. The van der Waals surface area contributed by atoms with Gasteiger partial charge < -0.3 is 14.8 Å². The maximum Gasteiger partial charge on any atom is 0.357 e. The number of nitrogens with zero attached hydrogens (tertiary/aromatic N) is 2. The van der Waals surface area contributed by atoms with Crippen LogP contribution in [0, 0.1) is 5.82 Å². The minimum atomic E-state index is -1.47. The topological polar surface area (TPSA) is 92.4 Å². The first-order valence-electron chi connectivity index (χ1n) is 5.36. The summed E-state index contributed by atoms with van der Waals surface area (Å²) < 4.78 is 14.7. The van der Waals surface area contributed by atoms with Crippen molar-refractivity contribution in [3.63, 3.8) is 0 Å². The first kappa shape index (κ1) is 14.0. The average Bonchev–Trinajstić information content (AvgIpc) is 2.78. The molecule has 0 fully saturated rings. The highest BCUT2D eigenvalue weighted by molar-refractivity contribution is 6.31. The monoisotopic (exact) mass is 298 g/mol. The summed E-state index contributed by atoms with van der Waals surface area (Å²) in [4.78, 5) is 25.5. The fourth-order valence-corrected chi connectivity index (χ4v) is 1.96. The van der Waals surface area contributed by atoms with Gasteiger partial charge in [0, 0.05) is 10.6 Å². The van der Waals surface area contributed by atoms with Gasteiger partial charge in [0.05, 0.1) is 12.9 Å². The Bertz CT molecular complexity index is 679. The first-order valence-corrected chi connectivity index (χ1v) is 5.74. The number of hydrogen-bond donors (Lipinski definition) is 2. The predicted molar refractivity (Wildman–Crippen MR) is 66.7 cm³/mol. The van der Waals surface area contributed by atoms with Crippen LogP contribution >= 0.6 is 11.6 Å². The molecule has 8 heteroatoms. The Morgan fingerprint density at radius 1 is 1.30 bits per heavy atom. The van der Waals surface area contributed by atoms with E-state index in [1.165, 1.54) is 18.2 Å². The lowest BCUT2D eigenvalue weighted by atomic mass is 10.2. The second-order valence-corrected chi connectivity index (χ2v) is 4.29. The van der Waals surface area contributed by atoms with E-state index in [1.54, 1.807) is 0 Å². The number of aromatic nitrogens is 2. The standard InChI is InChI=1S/C12H8ClFN2O4/c13-7-2-1-3-8(14)6(7)4-16-5-15-9(11(17)18)10(16)12(19)20/h1-3,5H,4H2,(H,17,18)(H,19,20). The minimum Gasteiger partial charge on any atom is -0.476 e. The van der Waals surface area contributed by atoms with Gasteiger partial charge in [-0.25, -0.2) is 19.0 Å². The highest BCUT2D eigenvalue weighted by Gasteiger charge is 2.23. The quantitative estimate of drug-likeness (QED) is 0.902. The smallest absolute Gasteiger partial charge is 0.357 e. The van der Waals surface area contributed by atoms with Crippen molar-refractivity contribution in [2.24, 2.45) is 0 Å². The highest BCUT2D eigenvalue weighted by Crippen LogP contribution is 2.21. The Kier molecular flexibility index (Phi) is 3.71. The maximum atomic E-state index is 13.7. The second kappa shape index (κ2) is 5.30. The van der Waals surface area contributed by atoms with Crippen LogP contribution in [0.3, 0.4) is 0 Å². The van der Waals surface area contributed by atoms with Crippen LogP contribution in [0.15, 0.2) is 24.5 Å². The summed E-state index contributed by atoms with van der Waals surface area (Å²) >= 11 is 5.84. The van der Waals surface area contributed by atoms with Gasteiger partial charge in [0.2, 0.25) is 0 Å². The molecule has 0 bridgehead atoms. The van der Waals surface area contributed by atoms with Crippen molar-refractivity contribution in [2.45, 2.75) is 6.54 Å². The summed E-state index contributed by atoms with van der Waals surface area (Å²) in [6.07, 6.45) is 1.02. The first-order chi connectivity index (χ1) is 9.41. The Hall–Kier alpha value is -2.41. The SMILES string of the molecule is O=C(O)c1ncn(Cc2c(F)cccc2Cl)c1C(=O)O. The zero-order chi connectivity index (χ0) is 14.9. The van der Waals surface area contributed by atoms with Crippen LogP contribution in [-0.4, -0.2) is 31.7 Å². The van der Waals surface area contributed by atoms with Crippen LogP contribution in [0.1, 0.15) is 26.5 Å². The van der Waals surface area contributed by atoms with Gasteiger partial charge in [-0.3, -0.25) is 0 Å². The van der Waals surface area contributed by atoms with E-state index in [4.69, 9.17) is 21.8 Å². The molecule has 0 spiro atoms. The molecule has 2 N–H and O–H groups in total. The minimum absolute atomic E-state index is 0.0611. The molecule has 1 heterocycles. The Morgan fingerprint density at radius 2 is 2.00 bits per heavy atom. The molecule has 0 aliphatic carbocycles. The normalized spacial score (nSPS) is 10.5. The number of rotatable bonds is 4. The fraction of sp³-hybridized carbons (Fsp3) is 0.0833. The van der Waals surface area contributed by atoms with E-state index in [9.17, 15) is 14.0 Å². The molecule has 0 amide bonds. The zero-order valence-electron chi connectivity index (χ0n) is 9.88. The van der Waals surface area contributed by atoms with Crippen molar-refractivity contribution in [1.82, 2.24) is 9.55 Å². The Balaban J connectivity index is 2.50. The second-order valence-electron chi connectivity index (χ2n) is 3.88. The summed E-state index contributed by atoms with van der Waals surface area (Å²) in [5, 5.41) is 18.0. The number of carboxylic acid groups (broad SMARTS) is 2. The molecule has 0 atom stereocenters. The van der Waals surface area contributed by atoms with E-state index >= 15 is 0 Å². The highest BCUT2D eigenvalue weighted by atomic mass is 35.5. The van der Waals surface area contributed by atoms with Crippen molar-refractivity contribution < 1.29 is 24.2 Å². The fourth-order valence-electron chi connectivity index (χ4n) is 1.74. The third kappa shape index (κ3) is 2.48. The van der Waals surface area contributed by atoms with E-state index in [0.717, 1.165) is 10.9 Å². The van der Waals surface area contributed by atoms with Crippen LogP contribution in [-0.2, 0) is 6.54 Å². The third-order valence-electron chi connectivity index (χ3n) is 2.63. The van der Waals surface area contributed by atoms with Crippen molar-refractivity contribution >= 4 is 23.5 Å². The van der Waals surface area contributed by atoms with Crippen LogP contribution in [0.25, 0.3) is 0 Å². The van der Waals surface area contributed by atoms with Gasteiger partial charge in [-0.15, -0.1) is 0 Å². The molecular formula is C12H8ClFN2O4. The third-order valence-corrected chi connectivity index (χ3v) is 2.99. The Morgan fingerprint density at radius 3 is 2.55 bits per heavy atom. The zero-order valence-corrected chi connectivity index (χ0v) is 10.6. The van der Waals surface area contributed by atoms with Gasteiger partial charge >= 0.3 is 11.9 Å². The number of hydrogen-bond acceptors (Lipinski definition) is 3.